The van der Waals surface area contributed by atoms with E-state index in [1.165, 1.54) is 0 Å². The van der Waals surface area contributed by atoms with Gasteiger partial charge in [0.05, 0.1) is 13.7 Å². The molecule has 0 aliphatic rings. The molecular weight excluding hydrogens is 346 g/mol. The number of methoxy groups -OCH3 is 1. The Morgan fingerprint density at radius 1 is 1.15 bits per heavy atom. The average molecular weight is 369 g/mol. The number of benzene rings is 2. The van der Waals surface area contributed by atoms with Gasteiger partial charge < -0.3 is 14.6 Å². The number of ether oxygens (including phenoxy) is 2. The maximum absolute atomic E-state index is 11.9. The number of nitrogens with one attached hydrogen (secondary N) is 1. The number of carbonyl (C=O) groups is 1. The predicted molar refractivity (Wildman–Crippen MR) is 101 cm³/mol. The van der Waals surface area contributed by atoms with Gasteiger partial charge >= 0.3 is 0 Å². The molecule has 6 heteroatoms. The first-order chi connectivity index (χ1) is 13.2. The standard InChI is InChI=1S/C21H23NO5/c1-3-4-8-13-26-18-12-11-16(14-19(18)25-2)15-27-22-21(24)20(23)17-9-6-5-7-10-17/h5-7,9-12,14,20,23H,3,13,15H2,1-2H3,(H,22,24). The Kier molecular flexibility index (Phi) is 8.17. The smallest absolute Gasteiger partial charge is 0.276 e. The second kappa shape index (κ2) is 10.9. The molecule has 0 radical (unpaired) electrons. The van der Waals surface area contributed by atoms with Crippen LogP contribution in [0, 0.1) is 11.8 Å². The Bertz CT molecular complexity index is 795. The van der Waals surface area contributed by atoms with Crippen LogP contribution in [0.4, 0.5) is 0 Å². The van der Waals surface area contributed by atoms with Gasteiger partial charge in [0.25, 0.3) is 5.91 Å². The minimum atomic E-state index is -1.29. The third-order valence-electron chi connectivity index (χ3n) is 3.60. The summed E-state index contributed by atoms with van der Waals surface area (Å²) < 4.78 is 10.9. The van der Waals surface area contributed by atoms with E-state index in [0.29, 0.717) is 17.1 Å². The van der Waals surface area contributed by atoms with Gasteiger partial charge in [0, 0.05) is 6.42 Å². The van der Waals surface area contributed by atoms with E-state index in [9.17, 15) is 9.90 Å². The fraction of sp³-hybridized carbons (Fsp3) is 0.286. The lowest BCUT2D eigenvalue weighted by Crippen LogP contribution is -2.29. The highest BCUT2D eigenvalue weighted by atomic mass is 16.7. The van der Waals surface area contributed by atoms with Gasteiger partial charge in [-0.25, -0.2) is 5.48 Å². The summed E-state index contributed by atoms with van der Waals surface area (Å²) in [7, 11) is 1.54. The number of hydrogen-bond donors (Lipinski definition) is 2. The maximum Gasteiger partial charge on any atom is 0.276 e. The molecule has 0 spiro atoms. The van der Waals surface area contributed by atoms with E-state index in [0.717, 1.165) is 12.0 Å². The highest BCUT2D eigenvalue weighted by molar-refractivity contribution is 5.80. The van der Waals surface area contributed by atoms with E-state index < -0.39 is 12.0 Å². The van der Waals surface area contributed by atoms with Gasteiger partial charge in [-0.3, -0.25) is 9.63 Å². The predicted octanol–water partition coefficient (Wildman–Crippen LogP) is 2.77. The normalized spacial score (nSPS) is 11.1. The lowest BCUT2D eigenvalue weighted by atomic mass is 10.1. The summed E-state index contributed by atoms with van der Waals surface area (Å²) in [5.74, 6) is 6.32. The Balaban J connectivity index is 1.87. The summed E-state index contributed by atoms with van der Waals surface area (Å²) in [6, 6.07) is 13.9. The quantitative estimate of drug-likeness (QED) is 0.553. The van der Waals surface area contributed by atoms with E-state index in [1.807, 2.05) is 13.0 Å². The first-order valence-electron chi connectivity index (χ1n) is 8.55. The molecule has 0 aliphatic heterocycles. The van der Waals surface area contributed by atoms with Crippen LogP contribution >= 0.6 is 0 Å². The van der Waals surface area contributed by atoms with Crippen LogP contribution in [-0.2, 0) is 16.2 Å². The monoisotopic (exact) mass is 369 g/mol. The Morgan fingerprint density at radius 2 is 1.93 bits per heavy atom. The molecule has 0 aliphatic carbocycles. The molecule has 27 heavy (non-hydrogen) atoms. The second-order valence-electron chi connectivity index (χ2n) is 5.55. The van der Waals surface area contributed by atoms with Gasteiger partial charge in [0.1, 0.15) is 6.61 Å². The highest BCUT2D eigenvalue weighted by Crippen LogP contribution is 2.28. The molecule has 1 amide bonds. The minimum Gasteiger partial charge on any atom is -0.493 e. The molecule has 2 N–H and O–H groups in total. The van der Waals surface area contributed by atoms with Crippen molar-refractivity contribution in [1.82, 2.24) is 5.48 Å². The lowest BCUT2D eigenvalue weighted by molar-refractivity contribution is -0.143. The number of aliphatic hydroxyl groups is 1. The van der Waals surface area contributed by atoms with Gasteiger partial charge in [0.15, 0.2) is 17.6 Å². The van der Waals surface area contributed by atoms with E-state index in [1.54, 1.807) is 49.6 Å². The van der Waals surface area contributed by atoms with E-state index in [4.69, 9.17) is 14.3 Å². The molecule has 1 atom stereocenters. The van der Waals surface area contributed by atoms with Crippen LogP contribution in [0.2, 0.25) is 0 Å². The SMILES string of the molecule is CCC#CCOc1ccc(CONC(=O)C(O)c2ccccc2)cc1OC. The lowest BCUT2D eigenvalue weighted by Gasteiger charge is -2.13. The number of rotatable bonds is 8. The average Bonchev–Trinajstić information content (AvgIpc) is 2.71. The summed E-state index contributed by atoms with van der Waals surface area (Å²) >= 11 is 0. The molecular formula is C21H23NO5. The molecule has 0 fully saturated rings. The van der Waals surface area contributed by atoms with Gasteiger partial charge in [-0.05, 0) is 23.3 Å². The molecule has 2 aromatic carbocycles. The van der Waals surface area contributed by atoms with E-state index >= 15 is 0 Å². The zero-order chi connectivity index (χ0) is 19.5. The van der Waals surface area contributed by atoms with Crippen LogP contribution < -0.4 is 15.0 Å². The topological polar surface area (TPSA) is 77.0 Å². The first kappa shape index (κ1) is 20.3. The summed E-state index contributed by atoms with van der Waals surface area (Å²) in [4.78, 5) is 17.1. The van der Waals surface area contributed by atoms with Crippen molar-refractivity contribution in [3.8, 4) is 23.3 Å². The third kappa shape index (κ3) is 6.33. The molecule has 1 unspecified atom stereocenters. The van der Waals surface area contributed by atoms with Crippen LogP contribution in [0.25, 0.3) is 0 Å². The fourth-order valence-corrected chi connectivity index (χ4v) is 2.24. The van der Waals surface area contributed by atoms with Crippen LogP contribution in [0.3, 0.4) is 0 Å². The zero-order valence-corrected chi connectivity index (χ0v) is 15.4. The molecule has 2 rings (SSSR count). The number of aliphatic hydroxyl groups excluding tert-OH is 1. The van der Waals surface area contributed by atoms with Crippen LogP contribution in [0.5, 0.6) is 11.5 Å². The Hall–Kier alpha value is -3.01. The Labute approximate surface area is 159 Å². The molecule has 0 heterocycles. The molecule has 0 saturated carbocycles. The molecule has 142 valence electrons. The van der Waals surface area contributed by atoms with Crippen LogP contribution in [-0.4, -0.2) is 24.7 Å². The summed E-state index contributed by atoms with van der Waals surface area (Å²) in [6.45, 7) is 2.37. The highest BCUT2D eigenvalue weighted by Gasteiger charge is 2.17. The van der Waals surface area contributed by atoms with Gasteiger partial charge in [-0.1, -0.05) is 49.2 Å². The van der Waals surface area contributed by atoms with Crippen molar-refractivity contribution in [2.75, 3.05) is 13.7 Å². The largest absolute Gasteiger partial charge is 0.493 e. The minimum absolute atomic E-state index is 0.111. The summed E-state index contributed by atoms with van der Waals surface area (Å²) in [5, 5.41) is 9.99. The van der Waals surface area contributed by atoms with Gasteiger partial charge in [0.2, 0.25) is 0 Å². The van der Waals surface area contributed by atoms with Crippen molar-refractivity contribution >= 4 is 5.91 Å². The van der Waals surface area contributed by atoms with Crippen molar-refractivity contribution in [2.24, 2.45) is 0 Å². The van der Waals surface area contributed by atoms with Crippen molar-refractivity contribution in [3.05, 3.63) is 59.7 Å². The Morgan fingerprint density at radius 3 is 2.63 bits per heavy atom. The third-order valence-corrected chi connectivity index (χ3v) is 3.60. The zero-order valence-electron chi connectivity index (χ0n) is 15.4. The van der Waals surface area contributed by atoms with Crippen molar-refractivity contribution < 1.29 is 24.2 Å². The molecule has 6 nitrogen and oxygen atoms in total. The van der Waals surface area contributed by atoms with E-state index in [-0.39, 0.29) is 13.2 Å². The van der Waals surface area contributed by atoms with Crippen molar-refractivity contribution in [3.63, 3.8) is 0 Å². The molecule has 0 bridgehead atoms. The number of carbonyl (C=O) groups excluding carboxylic acids is 1. The van der Waals surface area contributed by atoms with E-state index in [2.05, 4.69) is 17.3 Å². The van der Waals surface area contributed by atoms with Gasteiger partial charge in [-0.15, -0.1) is 5.92 Å². The molecule has 2 aromatic rings. The number of hydroxylamine groups is 1. The second-order valence-corrected chi connectivity index (χ2v) is 5.55. The van der Waals surface area contributed by atoms with Crippen molar-refractivity contribution in [1.29, 1.82) is 0 Å². The molecule has 0 saturated heterocycles. The van der Waals surface area contributed by atoms with Gasteiger partial charge in [-0.2, -0.15) is 0 Å². The number of amides is 1. The fourth-order valence-electron chi connectivity index (χ4n) is 2.24. The first-order valence-corrected chi connectivity index (χ1v) is 8.55. The van der Waals surface area contributed by atoms with Crippen molar-refractivity contribution in [2.45, 2.75) is 26.1 Å². The number of hydrogen-bond acceptors (Lipinski definition) is 5. The maximum atomic E-state index is 11.9. The van der Waals surface area contributed by atoms with Crippen LogP contribution in [0.1, 0.15) is 30.6 Å². The summed E-state index contributed by atoms with van der Waals surface area (Å²) in [6.07, 6.45) is -0.512. The summed E-state index contributed by atoms with van der Waals surface area (Å²) in [5.41, 5.74) is 3.52. The van der Waals surface area contributed by atoms with Crippen LogP contribution in [0.15, 0.2) is 48.5 Å². The molecule has 0 aromatic heterocycles.